The molecular weight excluding hydrogens is 256 g/mol. The van der Waals surface area contributed by atoms with E-state index in [0.717, 1.165) is 16.5 Å². The van der Waals surface area contributed by atoms with E-state index in [2.05, 4.69) is 0 Å². The van der Waals surface area contributed by atoms with Crippen molar-refractivity contribution in [1.29, 1.82) is 0 Å². The number of rotatable bonds is 2. The topological polar surface area (TPSA) is 26.0 Å². The van der Waals surface area contributed by atoms with E-state index in [4.69, 9.17) is 5.73 Å². The first-order valence-corrected chi connectivity index (χ1v) is 6.37. The molecule has 3 heteroatoms. The zero-order valence-electron chi connectivity index (χ0n) is 10.7. The Labute approximate surface area is 115 Å². The van der Waals surface area contributed by atoms with E-state index in [1.807, 2.05) is 12.1 Å². The maximum Gasteiger partial charge on any atom is 0.131 e. The van der Waals surface area contributed by atoms with Gasteiger partial charge in [0.05, 0.1) is 0 Å². The second-order valence-corrected chi connectivity index (χ2v) is 4.65. The Kier molecular flexibility index (Phi) is 3.20. The SMILES string of the molecule is NCc1cc(F)ccc1-c1ccc(F)c2ccccc12. The van der Waals surface area contributed by atoms with Gasteiger partial charge in [0.15, 0.2) is 0 Å². The highest BCUT2D eigenvalue weighted by atomic mass is 19.1. The second-order valence-electron chi connectivity index (χ2n) is 4.65. The summed E-state index contributed by atoms with van der Waals surface area (Å²) in [6.07, 6.45) is 0. The van der Waals surface area contributed by atoms with Gasteiger partial charge in [-0.05, 0) is 40.3 Å². The molecule has 0 bridgehead atoms. The smallest absolute Gasteiger partial charge is 0.131 e. The van der Waals surface area contributed by atoms with Crippen LogP contribution in [-0.4, -0.2) is 0 Å². The Hall–Kier alpha value is -2.26. The minimum atomic E-state index is -0.319. The van der Waals surface area contributed by atoms with E-state index >= 15 is 0 Å². The molecule has 0 aliphatic heterocycles. The first-order valence-electron chi connectivity index (χ1n) is 6.37. The molecule has 3 rings (SSSR count). The number of hydrogen-bond donors (Lipinski definition) is 1. The van der Waals surface area contributed by atoms with Crippen LogP contribution < -0.4 is 5.73 Å². The summed E-state index contributed by atoms with van der Waals surface area (Å²) >= 11 is 0. The summed E-state index contributed by atoms with van der Waals surface area (Å²) in [7, 11) is 0. The molecule has 100 valence electrons. The van der Waals surface area contributed by atoms with Crippen LogP contribution in [0.2, 0.25) is 0 Å². The van der Waals surface area contributed by atoms with Crippen LogP contribution in [0.4, 0.5) is 8.78 Å². The predicted molar refractivity (Wildman–Crippen MR) is 77.2 cm³/mol. The molecule has 0 saturated carbocycles. The lowest BCUT2D eigenvalue weighted by Crippen LogP contribution is -2.00. The van der Waals surface area contributed by atoms with Crippen molar-refractivity contribution in [3.05, 3.63) is 71.8 Å². The summed E-state index contributed by atoms with van der Waals surface area (Å²) in [5.41, 5.74) is 8.10. The fourth-order valence-corrected chi connectivity index (χ4v) is 2.49. The maximum absolute atomic E-state index is 13.8. The molecule has 0 amide bonds. The van der Waals surface area contributed by atoms with Crippen LogP contribution in [0.15, 0.2) is 54.6 Å². The van der Waals surface area contributed by atoms with Gasteiger partial charge in [0.1, 0.15) is 11.6 Å². The average molecular weight is 269 g/mol. The van der Waals surface area contributed by atoms with Crippen molar-refractivity contribution in [2.75, 3.05) is 0 Å². The highest BCUT2D eigenvalue weighted by molar-refractivity contribution is 5.97. The van der Waals surface area contributed by atoms with Crippen molar-refractivity contribution in [3.63, 3.8) is 0 Å². The monoisotopic (exact) mass is 269 g/mol. The second kappa shape index (κ2) is 5.02. The molecular formula is C17H13F2N. The van der Waals surface area contributed by atoms with E-state index < -0.39 is 0 Å². The lowest BCUT2D eigenvalue weighted by molar-refractivity contribution is 0.625. The zero-order valence-corrected chi connectivity index (χ0v) is 10.7. The molecule has 3 aromatic carbocycles. The van der Waals surface area contributed by atoms with E-state index in [9.17, 15) is 8.78 Å². The van der Waals surface area contributed by atoms with E-state index in [1.165, 1.54) is 18.2 Å². The molecule has 0 radical (unpaired) electrons. The number of fused-ring (bicyclic) bond motifs is 1. The highest BCUT2D eigenvalue weighted by Crippen LogP contribution is 2.32. The quantitative estimate of drug-likeness (QED) is 0.739. The Morgan fingerprint density at radius 3 is 2.25 bits per heavy atom. The molecule has 0 fully saturated rings. The van der Waals surface area contributed by atoms with Crippen molar-refractivity contribution in [1.82, 2.24) is 0 Å². The molecule has 0 aliphatic rings. The number of nitrogens with two attached hydrogens (primary N) is 1. The van der Waals surface area contributed by atoms with Gasteiger partial charge in [-0.1, -0.05) is 36.4 Å². The van der Waals surface area contributed by atoms with Gasteiger partial charge in [0, 0.05) is 11.9 Å². The molecule has 1 nitrogen and oxygen atoms in total. The summed E-state index contributed by atoms with van der Waals surface area (Å²) in [4.78, 5) is 0. The van der Waals surface area contributed by atoms with Crippen LogP contribution in [0, 0.1) is 11.6 Å². The molecule has 3 aromatic rings. The Balaban J connectivity index is 2.33. The van der Waals surface area contributed by atoms with Crippen LogP contribution in [0.3, 0.4) is 0 Å². The lowest BCUT2D eigenvalue weighted by atomic mass is 9.94. The first kappa shape index (κ1) is 12.8. The number of hydrogen-bond acceptors (Lipinski definition) is 1. The highest BCUT2D eigenvalue weighted by Gasteiger charge is 2.11. The third-order valence-electron chi connectivity index (χ3n) is 3.45. The first-order chi connectivity index (χ1) is 9.70. The van der Waals surface area contributed by atoms with Gasteiger partial charge in [0.2, 0.25) is 0 Å². The van der Waals surface area contributed by atoms with E-state index in [-0.39, 0.29) is 18.2 Å². The predicted octanol–water partition coefficient (Wildman–Crippen LogP) is 4.24. The summed E-state index contributed by atoms with van der Waals surface area (Å²) < 4.78 is 27.2. The van der Waals surface area contributed by atoms with Crippen molar-refractivity contribution in [2.45, 2.75) is 6.54 Å². The van der Waals surface area contributed by atoms with Crippen LogP contribution in [0.25, 0.3) is 21.9 Å². The number of halogens is 2. The van der Waals surface area contributed by atoms with Crippen LogP contribution >= 0.6 is 0 Å². The maximum atomic E-state index is 13.8. The van der Waals surface area contributed by atoms with Gasteiger partial charge in [0.25, 0.3) is 0 Å². The molecule has 0 aromatic heterocycles. The lowest BCUT2D eigenvalue weighted by Gasteiger charge is -2.12. The fraction of sp³-hybridized carbons (Fsp3) is 0.0588. The summed E-state index contributed by atoms with van der Waals surface area (Å²) in [5, 5.41) is 1.35. The zero-order chi connectivity index (χ0) is 14.1. The molecule has 2 N–H and O–H groups in total. The van der Waals surface area contributed by atoms with Gasteiger partial charge in [-0.25, -0.2) is 8.78 Å². The summed E-state index contributed by atoms with van der Waals surface area (Å²) in [5.74, 6) is -0.582. The Morgan fingerprint density at radius 2 is 1.50 bits per heavy atom. The molecule has 0 atom stereocenters. The fourth-order valence-electron chi connectivity index (χ4n) is 2.49. The van der Waals surface area contributed by atoms with Gasteiger partial charge in [-0.15, -0.1) is 0 Å². The molecule has 20 heavy (non-hydrogen) atoms. The molecule has 0 unspecified atom stereocenters. The third-order valence-corrected chi connectivity index (χ3v) is 3.45. The average Bonchev–Trinajstić information content (AvgIpc) is 2.48. The Morgan fingerprint density at radius 1 is 0.800 bits per heavy atom. The standard InChI is InChI=1S/C17H13F2N/c18-12-5-6-13(11(9-12)10-20)15-7-8-17(19)16-4-2-1-3-14(15)16/h1-9H,10,20H2. The van der Waals surface area contributed by atoms with Crippen LogP contribution in [0.5, 0.6) is 0 Å². The van der Waals surface area contributed by atoms with E-state index in [0.29, 0.717) is 10.9 Å². The molecule has 0 saturated heterocycles. The summed E-state index contributed by atoms with van der Waals surface area (Å²) in [6.45, 7) is 0.235. The minimum absolute atomic E-state index is 0.235. The van der Waals surface area contributed by atoms with Crippen molar-refractivity contribution in [2.24, 2.45) is 5.73 Å². The van der Waals surface area contributed by atoms with Gasteiger partial charge < -0.3 is 5.73 Å². The Bertz CT molecular complexity index is 781. The number of benzene rings is 3. The minimum Gasteiger partial charge on any atom is -0.326 e. The van der Waals surface area contributed by atoms with Crippen LogP contribution in [0.1, 0.15) is 5.56 Å². The van der Waals surface area contributed by atoms with Crippen molar-refractivity contribution in [3.8, 4) is 11.1 Å². The molecule has 0 spiro atoms. The van der Waals surface area contributed by atoms with Crippen molar-refractivity contribution >= 4 is 10.8 Å². The van der Waals surface area contributed by atoms with Gasteiger partial charge >= 0.3 is 0 Å². The van der Waals surface area contributed by atoms with Gasteiger partial charge in [-0.2, -0.15) is 0 Å². The third kappa shape index (κ3) is 2.06. The molecule has 0 aliphatic carbocycles. The van der Waals surface area contributed by atoms with Crippen molar-refractivity contribution < 1.29 is 8.78 Å². The summed E-state index contributed by atoms with van der Waals surface area (Å²) in [6, 6.07) is 14.9. The normalized spacial score (nSPS) is 10.9. The largest absolute Gasteiger partial charge is 0.326 e. The van der Waals surface area contributed by atoms with E-state index in [1.54, 1.807) is 24.3 Å². The van der Waals surface area contributed by atoms with Crippen LogP contribution in [-0.2, 0) is 6.54 Å². The van der Waals surface area contributed by atoms with Gasteiger partial charge in [-0.3, -0.25) is 0 Å². The molecule has 0 heterocycles.